The van der Waals surface area contributed by atoms with E-state index in [1.165, 1.54) is 37.6 Å². The van der Waals surface area contributed by atoms with Gasteiger partial charge in [0.15, 0.2) is 0 Å². The number of rotatable bonds is 5. The molecule has 0 spiro atoms. The molecular weight excluding hydrogens is 293 g/mol. The van der Waals surface area contributed by atoms with E-state index in [-0.39, 0.29) is 5.82 Å². The molecule has 0 unspecified atom stereocenters. The quantitative estimate of drug-likeness (QED) is 0.898. The number of piperidine rings is 1. The van der Waals surface area contributed by atoms with Crippen molar-refractivity contribution < 1.29 is 13.9 Å². The fraction of sp³-hybridized carbons (Fsp3) is 0.368. The average Bonchev–Trinajstić information content (AvgIpc) is 2.57. The Bertz CT molecular complexity index is 636. The van der Waals surface area contributed by atoms with Crippen LogP contribution in [-0.2, 0) is 6.42 Å². The van der Waals surface area contributed by atoms with Crippen molar-refractivity contribution in [3.05, 3.63) is 53.8 Å². The molecule has 1 saturated heterocycles. The van der Waals surface area contributed by atoms with Crippen LogP contribution in [-0.4, -0.2) is 20.2 Å². The van der Waals surface area contributed by atoms with E-state index in [0.717, 1.165) is 25.4 Å². The van der Waals surface area contributed by atoms with Crippen molar-refractivity contribution in [2.45, 2.75) is 19.3 Å². The molecule has 0 aliphatic carbocycles. The normalized spacial score (nSPS) is 15.4. The lowest BCUT2D eigenvalue weighted by atomic mass is 9.91. The van der Waals surface area contributed by atoms with Crippen molar-refractivity contribution in [1.82, 2.24) is 5.32 Å². The van der Waals surface area contributed by atoms with Crippen LogP contribution in [0.2, 0.25) is 0 Å². The Kier molecular flexibility index (Phi) is 5.13. The molecule has 0 aromatic heterocycles. The highest BCUT2D eigenvalue weighted by atomic mass is 19.1. The molecule has 0 atom stereocenters. The van der Waals surface area contributed by atoms with Gasteiger partial charge >= 0.3 is 0 Å². The molecule has 1 aliphatic heterocycles. The number of benzene rings is 2. The molecule has 1 N–H and O–H groups in total. The summed E-state index contributed by atoms with van der Waals surface area (Å²) in [6.07, 6.45) is 3.58. The average molecular weight is 315 g/mol. The SMILES string of the molecule is COc1cc(F)cc(Oc2ccc(CC3CCNCC3)cc2)c1. The minimum atomic E-state index is -0.373. The van der Waals surface area contributed by atoms with Gasteiger partial charge in [0.25, 0.3) is 0 Å². The third-order valence-corrected chi connectivity index (χ3v) is 4.22. The van der Waals surface area contributed by atoms with E-state index in [0.29, 0.717) is 17.2 Å². The van der Waals surface area contributed by atoms with Gasteiger partial charge in [0.1, 0.15) is 23.1 Å². The molecule has 1 fully saturated rings. The van der Waals surface area contributed by atoms with E-state index in [1.54, 1.807) is 6.07 Å². The molecule has 4 heteroatoms. The Morgan fingerprint density at radius 1 is 1.00 bits per heavy atom. The van der Waals surface area contributed by atoms with Crippen molar-refractivity contribution in [3.8, 4) is 17.2 Å². The summed E-state index contributed by atoms with van der Waals surface area (Å²) >= 11 is 0. The second kappa shape index (κ2) is 7.47. The molecule has 3 rings (SSSR count). The molecule has 1 aliphatic rings. The predicted octanol–water partition coefficient (Wildman–Crippen LogP) is 4.17. The summed E-state index contributed by atoms with van der Waals surface area (Å²) in [5, 5.41) is 3.39. The van der Waals surface area contributed by atoms with Crippen LogP contribution < -0.4 is 14.8 Å². The molecule has 1 heterocycles. The largest absolute Gasteiger partial charge is 0.497 e. The minimum absolute atomic E-state index is 0.373. The van der Waals surface area contributed by atoms with E-state index in [1.807, 2.05) is 12.1 Å². The number of nitrogens with one attached hydrogen (secondary N) is 1. The summed E-state index contributed by atoms with van der Waals surface area (Å²) in [5.41, 5.74) is 1.32. The number of hydrogen-bond acceptors (Lipinski definition) is 3. The lowest BCUT2D eigenvalue weighted by Crippen LogP contribution is -2.28. The monoisotopic (exact) mass is 315 g/mol. The number of methoxy groups -OCH3 is 1. The van der Waals surface area contributed by atoms with Gasteiger partial charge in [0, 0.05) is 18.2 Å². The van der Waals surface area contributed by atoms with Crippen molar-refractivity contribution in [2.75, 3.05) is 20.2 Å². The van der Waals surface area contributed by atoms with Crippen LogP contribution in [0.15, 0.2) is 42.5 Å². The van der Waals surface area contributed by atoms with Crippen molar-refractivity contribution in [2.24, 2.45) is 5.92 Å². The molecular formula is C19H22FNO2. The fourth-order valence-electron chi connectivity index (χ4n) is 2.96. The Morgan fingerprint density at radius 3 is 2.39 bits per heavy atom. The van der Waals surface area contributed by atoms with Gasteiger partial charge in [0.2, 0.25) is 0 Å². The Hall–Kier alpha value is -2.07. The highest BCUT2D eigenvalue weighted by molar-refractivity contribution is 5.38. The summed E-state index contributed by atoms with van der Waals surface area (Å²) in [6.45, 7) is 2.24. The van der Waals surface area contributed by atoms with E-state index < -0.39 is 0 Å². The Balaban J connectivity index is 1.64. The summed E-state index contributed by atoms with van der Waals surface area (Å²) in [5.74, 6) is 1.97. The van der Waals surface area contributed by atoms with Gasteiger partial charge in [-0.25, -0.2) is 4.39 Å². The highest BCUT2D eigenvalue weighted by Crippen LogP contribution is 2.27. The molecule has 0 bridgehead atoms. The van der Waals surface area contributed by atoms with Crippen molar-refractivity contribution >= 4 is 0 Å². The smallest absolute Gasteiger partial charge is 0.134 e. The van der Waals surface area contributed by atoms with E-state index in [2.05, 4.69) is 17.4 Å². The molecule has 2 aromatic rings. The number of ether oxygens (including phenoxy) is 2. The first-order valence-corrected chi connectivity index (χ1v) is 8.05. The Morgan fingerprint density at radius 2 is 1.70 bits per heavy atom. The number of hydrogen-bond donors (Lipinski definition) is 1. The molecule has 23 heavy (non-hydrogen) atoms. The summed E-state index contributed by atoms with van der Waals surface area (Å²) in [7, 11) is 1.51. The lowest BCUT2D eigenvalue weighted by molar-refractivity contribution is 0.372. The van der Waals surface area contributed by atoms with Gasteiger partial charge in [-0.3, -0.25) is 0 Å². The van der Waals surface area contributed by atoms with Gasteiger partial charge in [-0.1, -0.05) is 12.1 Å². The van der Waals surface area contributed by atoms with Gasteiger partial charge in [-0.2, -0.15) is 0 Å². The molecule has 2 aromatic carbocycles. The van der Waals surface area contributed by atoms with E-state index >= 15 is 0 Å². The van der Waals surface area contributed by atoms with Crippen molar-refractivity contribution in [1.29, 1.82) is 0 Å². The van der Waals surface area contributed by atoms with Crippen LogP contribution in [0, 0.1) is 11.7 Å². The maximum Gasteiger partial charge on any atom is 0.134 e. The minimum Gasteiger partial charge on any atom is -0.497 e. The zero-order chi connectivity index (χ0) is 16.1. The second-order valence-electron chi connectivity index (χ2n) is 5.97. The lowest BCUT2D eigenvalue weighted by Gasteiger charge is -2.22. The van der Waals surface area contributed by atoms with Crippen molar-refractivity contribution in [3.63, 3.8) is 0 Å². The second-order valence-corrected chi connectivity index (χ2v) is 5.97. The molecule has 0 saturated carbocycles. The zero-order valence-electron chi connectivity index (χ0n) is 13.3. The first-order valence-electron chi connectivity index (χ1n) is 8.05. The summed E-state index contributed by atoms with van der Waals surface area (Å²) < 4.78 is 24.2. The maximum atomic E-state index is 13.5. The van der Waals surface area contributed by atoms with Gasteiger partial charge < -0.3 is 14.8 Å². The molecule has 0 amide bonds. The first kappa shape index (κ1) is 15.8. The van der Waals surface area contributed by atoms with Gasteiger partial charge in [-0.15, -0.1) is 0 Å². The van der Waals surface area contributed by atoms with E-state index in [9.17, 15) is 4.39 Å². The zero-order valence-corrected chi connectivity index (χ0v) is 13.3. The standard InChI is InChI=1S/C19H22FNO2/c1-22-18-11-16(20)12-19(13-18)23-17-4-2-14(3-5-17)10-15-6-8-21-9-7-15/h2-5,11-13,15,21H,6-10H2,1H3. The highest BCUT2D eigenvalue weighted by Gasteiger charge is 2.13. The van der Waals surface area contributed by atoms with E-state index in [4.69, 9.17) is 9.47 Å². The van der Waals surface area contributed by atoms with Crippen LogP contribution in [0.4, 0.5) is 4.39 Å². The summed E-state index contributed by atoms with van der Waals surface area (Å²) in [6, 6.07) is 12.4. The Labute approximate surface area is 136 Å². The van der Waals surface area contributed by atoms with Crippen LogP contribution in [0.5, 0.6) is 17.2 Å². The van der Waals surface area contributed by atoms with Gasteiger partial charge in [0.05, 0.1) is 7.11 Å². The fourth-order valence-corrected chi connectivity index (χ4v) is 2.96. The van der Waals surface area contributed by atoms with Gasteiger partial charge in [-0.05, 0) is 56.0 Å². The maximum absolute atomic E-state index is 13.5. The number of halogens is 1. The molecule has 0 radical (unpaired) electrons. The molecule has 122 valence electrons. The first-order chi connectivity index (χ1) is 11.2. The summed E-state index contributed by atoms with van der Waals surface area (Å²) in [4.78, 5) is 0. The predicted molar refractivity (Wildman–Crippen MR) is 88.8 cm³/mol. The van der Waals surface area contributed by atoms with Crippen LogP contribution >= 0.6 is 0 Å². The van der Waals surface area contributed by atoms with Crippen LogP contribution in [0.3, 0.4) is 0 Å². The third-order valence-electron chi connectivity index (χ3n) is 4.22. The van der Waals surface area contributed by atoms with Crippen LogP contribution in [0.1, 0.15) is 18.4 Å². The molecule has 3 nitrogen and oxygen atoms in total. The van der Waals surface area contributed by atoms with Crippen LogP contribution in [0.25, 0.3) is 0 Å². The third kappa shape index (κ3) is 4.45. The topological polar surface area (TPSA) is 30.5 Å².